The Labute approximate surface area is 306 Å². The molecule has 0 amide bonds. The predicted octanol–water partition coefficient (Wildman–Crippen LogP) is 5.72. The molecule has 0 unspecified atom stereocenters. The number of piperidine rings is 1. The number of phenols is 1. The molecule has 2 saturated carbocycles. The quantitative estimate of drug-likeness (QED) is 0.227. The summed E-state index contributed by atoms with van der Waals surface area (Å²) >= 11 is 0. The first-order valence-corrected chi connectivity index (χ1v) is 18.3. The molecule has 4 fully saturated rings. The number of pyridine rings is 1. The van der Waals surface area contributed by atoms with Crippen LogP contribution in [-0.2, 0) is 4.74 Å². The molecule has 276 valence electrons. The summed E-state index contributed by atoms with van der Waals surface area (Å²) < 4.78 is 50.3. The second kappa shape index (κ2) is 13.5. The lowest BCUT2D eigenvalue weighted by molar-refractivity contribution is -0.0472. The van der Waals surface area contributed by atoms with Crippen LogP contribution in [0, 0.1) is 46.6 Å². The van der Waals surface area contributed by atoms with Gasteiger partial charge in [0.05, 0.1) is 45.1 Å². The second-order valence-electron chi connectivity index (χ2n) is 15.3. The van der Waals surface area contributed by atoms with Crippen LogP contribution in [0.5, 0.6) is 17.6 Å². The highest BCUT2D eigenvalue weighted by Gasteiger charge is 2.51. The molecule has 0 spiro atoms. The van der Waals surface area contributed by atoms with Gasteiger partial charge in [0.25, 0.3) is 0 Å². The summed E-state index contributed by atoms with van der Waals surface area (Å²) in [6, 6.07) is 8.43. The Morgan fingerprint density at radius 1 is 1.11 bits per heavy atom. The molecule has 2 aliphatic heterocycles. The van der Waals surface area contributed by atoms with E-state index in [1.54, 1.807) is 11.8 Å². The zero-order valence-electron chi connectivity index (χ0n) is 29.9. The summed E-state index contributed by atoms with van der Waals surface area (Å²) in [6.07, 6.45) is 12.6. The Hall–Kier alpha value is -4.82. The van der Waals surface area contributed by atoms with E-state index in [0.29, 0.717) is 30.6 Å². The number of aromatic hydroxyl groups is 1. The van der Waals surface area contributed by atoms with Crippen molar-refractivity contribution in [2.75, 3.05) is 51.5 Å². The van der Waals surface area contributed by atoms with Crippen molar-refractivity contribution in [2.24, 2.45) is 11.3 Å². The van der Waals surface area contributed by atoms with Crippen LogP contribution in [-0.4, -0.2) is 94.3 Å². The number of ether oxygens (including phenoxy) is 3. The van der Waals surface area contributed by atoms with Crippen LogP contribution in [0.3, 0.4) is 0 Å². The Morgan fingerprint density at radius 2 is 1.92 bits per heavy atom. The molecular weight excluding hydrogens is 682 g/mol. The van der Waals surface area contributed by atoms with Crippen LogP contribution in [0.1, 0.15) is 57.4 Å². The van der Waals surface area contributed by atoms with Crippen molar-refractivity contribution in [3.05, 3.63) is 41.5 Å². The SMILES string of the molecule is C#Cc1c(F)ccc2cc(O)cc(-c3nc(OC)c4c(N5CCOC[C@@](C)(O)C5)nc(OC[C@]56CCC[C@H]5N(C5CC(C#N)C5)CCC6)nc4c3F)c12. The van der Waals surface area contributed by atoms with E-state index in [2.05, 4.69) is 26.9 Å². The normalized spacial score (nSPS) is 27.5. The molecular formula is C40H42F2N6O5. The molecule has 2 aliphatic carbocycles. The molecule has 13 heteroatoms. The predicted molar refractivity (Wildman–Crippen MR) is 194 cm³/mol. The van der Waals surface area contributed by atoms with E-state index in [1.165, 1.54) is 31.4 Å². The summed E-state index contributed by atoms with van der Waals surface area (Å²) in [7, 11) is 1.39. The lowest BCUT2D eigenvalue weighted by Crippen LogP contribution is -2.58. The Kier molecular flexibility index (Phi) is 9.00. The summed E-state index contributed by atoms with van der Waals surface area (Å²) in [5, 5.41) is 32.0. The third-order valence-corrected chi connectivity index (χ3v) is 11.7. The number of methoxy groups -OCH3 is 1. The lowest BCUT2D eigenvalue weighted by atomic mass is 9.72. The molecule has 4 aromatic rings. The molecule has 3 atom stereocenters. The van der Waals surface area contributed by atoms with Crippen molar-refractivity contribution < 1.29 is 33.2 Å². The zero-order valence-corrected chi connectivity index (χ0v) is 29.9. The Morgan fingerprint density at radius 3 is 2.70 bits per heavy atom. The minimum atomic E-state index is -1.25. The average Bonchev–Trinajstić information content (AvgIpc) is 3.47. The van der Waals surface area contributed by atoms with Gasteiger partial charge in [-0.2, -0.15) is 15.2 Å². The minimum Gasteiger partial charge on any atom is -0.508 e. The summed E-state index contributed by atoms with van der Waals surface area (Å²) in [6.45, 7) is 3.79. The van der Waals surface area contributed by atoms with Crippen LogP contribution in [0.4, 0.5) is 14.6 Å². The van der Waals surface area contributed by atoms with Crippen molar-refractivity contribution >= 4 is 27.5 Å². The first-order valence-electron chi connectivity index (χ1n) is 18.3. The molecule has 2 aromatic heterocycles. The first-order chi connectivity index (χ1) is 25.5. The Bertz CT molecular complexity index is 2180. The molecule has 8 rings (SSSR count). The fraction of sp³-hybridized carbons (Fsp3) is 0.500. The number of phenolic OH excluding ortho intramolecular Hbond substituents is 1. The maximum absolute atomic E-state index is 17.3. The zero-order chi connectivity index (χ0) is 37.1. The van der Waals surface area contributed by atoms with E-state index < -0.39 is 17.2 Å². The highest BCUT2D eigenvalue weighted by molar-refractivity contribution is 6.04. The number of hydrogen-bond donors (Lipinski definition) is 2. The van der Waals surface area contributed by atoms with E-state index in [4.69, 9.17) is 25.6 Å². The smallest absolute Gasteiger partial charge is 0.319 e. The van der Waals surface area contributed by atoms with Crippen LogP contribution in [0.2, 0.25) is 0 Å². The molecule has 11 nitrogen and oxygen atoms in total. The van der Waals surface area contributed by atoms with Gasteiger partial charge in [-0.25, -0.2) is 13.8 Å². The number of benzene rings is 2. The van der Waals surface area contributed by atoms with Crippen LogP contribution in [0.15, 0.2) is 24.3 Å². The number of halogens is 2. The van der Waals surface area contributed by atoms with Gasteiger partial charge in [-0.1, -0.05) is 18.4 Å². The van der Waals surface area contributed by atoms with E-state index in [-0.39, 0.29) is 87.7 Å². The van der Waals surface area contributed by atoms with Crippen LogP contribution in [0.25, 0.3) is 32.9 Å². The van der Waals surface area contributed by atoms with E-state index >= 15 is 8.78 Å². The number of terminal acetylenes is 1. The van der Waals surface area contributed by atoms with Crippen LogP contribution >= 0.6 is 0 Å². The number of aromatic nitrogens is 3. The largest absolute Gasteiger partial charge is 0.508 e. The van der Waals surface area contributed by atoms with Gasteiger partial charge in [-0.3, -0.25) is 4.90 Å². The van der Waals surface area contributed by atoms with Gasteiger partial charge in [0, 0.05) is 40.9 Å². The number of aliphatic hydroxyl groups is 1. The fourth-order valence-electron chi connectivity index (χ4n) is 9.21. The average molecular weight is 725 g/mol. The number of hydrogen-bond acceptors (Lipinski definition) is 11. The van der Waals surface area contributed by atoms with Crippen molar-refractivity contribution in [2.45, 2.75) is 69.6 Å². The third-order valence-electron chi connectivity index (χ3n) is 11.7. The topological polar surface area (TPSA) is 137 Å². The molecule has 4 heterocycles. The van der Waals surface area contributed by atoms with Gasteiger partial charge in [0.15, 0.2) is 5.82 Å². The van der Waals surface area contributed by atoms with Crippen molar-refractivity contribution in [1.29, 1.82) is 5.26 Å². The van der Waals surface area contributed by atoms with Gasteiger partial charge in [0.1, 0.15) is 39.6 Å². The number of likely N-dealkylation sites (tertiary alicyclic amines) is 1. The lowest BCUT2D eigenvalue weighted by Gasteiger charge is -2.52. The number of fused-ring (bicyclic) bond motifs is 3. The molecule has 2 saturated heterocycles. The maximum Gasteiger partial charge on any atom is 0.319 e. The van der Waals surface area contributed by atoms with E-state index in [1.807, 2.05) is 0 Å². The van der Waals surface area contributed by atoms with Crippen molar-refractivity contribution in [1.82, 2.24) is 19.9 Å². The number of rotatable bonds is 7. The summed E-state index contributed by atoms with van der Waals surface area (Å²) in [4.78, 5) is 18.5. The van der Waals surface area contributed by atoms with Crippen LogP contribution < -0.4 is 14.4 Å². The molecule has 53 heavy (non-hydrogen) atoms. The maximum atomic E-state index is 17.3. The van der Waals surface area contributed by atoms with E-state index in [9.17, 15) is 15.5 Å². The molecule has 2 aromatic carbocycles. The summed E-state index contributed by atoms with van der Waals surface area (Å²) in [5.41, 5.74) is -1.86. The number of nitrogens with zero attached hydrogens (tertiary/aromatic N) is 6. The number of β-amino-alcohol motifs (C(OH)–C–C–N with tert-alkyl or cyclic N) is 1. The van der Waals surface area contributed by atoms with Gasteiger partial charge >= 0.3 is 6.01 Å². The van der Waals surface area contributed by atoms with Gasteiger partial charge < -0.3 is 29.3 Å². The summed E-state index contributed by atoms with van der Waals surface area (Å²) in [5.74, 6) is 0.976. The van der Waals surface area contributed by atoms with Gasteiger partial charge in [0.2, 0.25) is 5.88 Å². The highest BCUT2D eigenvalue weighted by atomic mass is 19.1. The molecule has 0 radical (unpaired) electrons. The van der Waals surface area contributed by atoms with Crippen molar-refractivity contribution in [3.8, 4) is 47.3 Å². The highest BCUT2D eigenvalue weighted by Crippen LogP contribution is 2.51. The molecule has 4 aliphatic rings. The minimum absolute atomic E-state index is 0.0218. The van der Waals surface area contributed by atoms with Crippen molar-refractivity contribution in [3.63, 3.8) is 0 Å². The molecule has 0 bridgehead atoms. The molecule has 2 N–H and O–H groups in total. The monoisotopic (exact) mass is 724 g/mol. The second-order valence-corrected chi connectivity index (χ2v) is 15.3. The van der Waals surface area contributed by atoms with Gasteiger partial charge in [-0.15, -0.1) is 6.42 Å². The van der Waals surface area contributed by atoms with E-state index in [0.717, 1.165) is 51.5 Å². The third kappa shape index (κ3) is 6.15. The Balaban J connectivity index is 1.26. The fourth-order valence-corrected chi connectivity index (χ4v) is 9.21. The number of anilines is 1. The number of nitriles is 1. The first kappa shape index (κ1) is 35.2. The standard InChI is InChI=1S/C40H42F2N6O5/c1-4-27-29(41)9-8-24-17-26(49)18-28(31(24)27)34-33(42)35-32(37(44-34)51-3)36(47-13-14-52-21-39(2,50)20-47)46-38(45-35)53-22-40-10-5-7-30(40)48(12-6-11-40)25-15-23(16-25)19-43/h1,8-9,17-18,23,25,30,49-50H,5-7,10-16,20-22H2,2-3H3/t23?,25?,30-,39+,40-/m1/s1. The van der Waals surface area contributed by atoms with Gasteiger partial charge in [-0.05, 0) is 75.6 Å².